The molecule has 0 aliphatic carbocycles. The molecule has 0 aliphatic heterocycles. The maximum Gasteiger partial charge on any atom is 0.446 e. The van der Waals surface area contributed by atoms with Gasteiger partial charge in [0.25, 0.3) is 5.91 Å². The van der Waals surface area contributed by atoms with Crippen LogP contribution < -0.4 is 5.32 Å². The number of halogens is 4. The monoisotopic (exact) mass is 419 g/mol. The molecule has 126 valence electrons. The zero-order valence-electron chi connectivity index (χ0n) is 11.7. The van der Waals surface area contributed by atoms with Gasteiger partial charge in [-0.3, -0.25) is 4.79 Å². The van der Waals surface area contributed by atoms with Crippen LogP contribution in [0.4, 0.5) is 18.9 Å². The van der Waals surface area contributed by atoms with Crippen molar-refractivity contribution in [1.82, 2.24) is 0 Å². The Morgan fingerprint density at radius 1 is 1.08 bits per heavy atom. The number of anilines is 1. The van der Waals surface area contributed by atoms with Crippen LogP contribution in [0.25, 0.3) is 0 Å². The highest BCUT2D eigenvalue weighted by atomic mass is 79.9. The number of alkyl halides is 3. The summed E-state index contributed by atoms with van der Waals surface area (Å²) < 4.78 is 37.3. The SMILES string of the molecule is O=C(Nc1ccc(Br)cc1C(=O)O)c1ccc(SC(F)(F)F)cc1. The van der Waals surface area contributed by atoms with E-state index in [0.29, 0.717) is 4.47 Å². The van der Waals surface area contributed by atoms with E-state index in [0.717, 1.165) is 0 Å². The van der Waals surface area contributed by atoms with Crippen molar-refractivity contribution < 1.29 is 27.9 Å². The lowest BCUT2D eigenvalue weighted by Gasteiger charge is -2.10. The summed E-state index contributed by atoms with van der Waals surface area (Å²) in [5.41, 5.74) is -4.32. The van der Waals surface area contributed by atoms with Gasteiger partial charge in [0, 0.05) is 14.9 Å². The molecule has 1 amide bonds. The van der Waals surface area contributed by atoms with Gasteiger partial charge in [-0.1, -0.05) is 15.9 Å². The van der Waals surface area contributed by atoms with Crippen molar-refractivity contribution in [2.45, 2.75) is 10.4 Å². The zero-order valence-corrected chi connectivity index (χ0v) is 14.1. The molecule has 2 rings (SSSR count). The normalized spacial score (nSPS) is 11.2. The summed E-state index contributed by atoms with van der Waals surface area (Å²) in [6, 6.07) is 9.14. The summed E-state index contributed by atoms with van der Waals surface area (Å²) in [6.45, 7) is 0. The molecule has 0 bridgehead atoms. The first kappa shape index (κ1) is 18.3. The summed E-state index contributed by atoms with van der Waals surface area (Å²) in [5.74, 6) is -1.84. The molecule has 4 nitrogen and oxygen atoms in total. The molecule has 2 N–H and O–H groups in total. The van der Waals surface area contributed by atoms with Crippen LogP contribution in [0.3, 0.4) is 0 Å². The molecule has 0 spiro atoms. The Morgan fingerprint density at radius 2 is 1.71 bits per heavy atom. The quantitative estimate of drug-likeness (QED) is 0.683. The summed E-state index contributed by atoms with van der Waals surface area (Å²) >= 11 is 2.86. The minimum Gasteiger partial charge on any atom is -0.478 e. The average Bonchev–Trinajstić information content (AvgIpc) is 2.48. The number of aromatic carboxylic acids is 1. The fraction of sp³-hybridized carbons (Fsp3) is 0.0667. The smallest absolute Gasteiger partial charge is 0.446 e. The van der Waals surface area contributed by atoms with E-state index in [4.69, 9.17) is 5.11 Å². The van der Waals surface area contributed by atoms with E-state index in [9.17, 15) is 22.8 Å². The molecule has 0 aromatic heterocycles. The Labute approximate surface area is 147 Å². The van der Waals surface area contributed by atoms with E-state index >= 15 is 0 Å². The third-order valence-electron chi connectivity index (χ3n) is 2.81. The lowest BCUT2D eigenvalue weighted by atomic mass is 10.1. The van der Waals surface area contributed by atoms with Crippen molar-refractivity contribution in [3.8, 4) is 0 Å². The molecular weight excluding hydrogens is 411 g/mol. The highest BCUT2D eigenvalue weighted by molar-refractivity contribution is 9.10. The number of thioether (sulfide) groups is 1. The number of carboxylic acid groups (broad SMARTS) is 1. The molecule has 9 heteroatoms. The fourth-order valence-electron chi connectivity index (χ4n) is 1.80. The molecule has 0 fully saturated rings. The van der Waals surface area contributed by atoms with Gasteiger partial charge in [-0.05, 0) is 54.2 Å². The maximum atomic E-state index is 12.3. The van der Waals surface area contributed by atoms with Gasteiger partial charge < -0.3 is 10.4 Å². The van der Waals surface area contributed by atoms with Crippen LogP contribution in [0.15, 0.2) is 51.8 Å². The van der Waals surface area contributed by atoms with Gasteiger partial charge in [-0.15, -0.1) is 0 Å². The number of hydrogen-bond donors (Lipinski definition) is 2. The maximum absolute atomic E-state index is 12.3. The van der Waals surface area contributed by atoms with Crippen LogP contribution >= 0.6 is 27.7 Å². The molecule has 0 radical (unpaired) electrons. The first-order valence-corrected chi connectivity index (χ1v) is 7.96. The summed E-state index contributed by atoms with van der Waals surface area (Å²) in [6.07, 6.45) is 0. The van der Waals surface area contributed by atoms with Crippen molar-refractivity contribution in [2.24, 2.45) is 0 Å². The van der Waals surface area contributed by atoms with Crippen molar-refractivity contribution in [2.75, 3.05) is 5.32 Å². The number of nitrogens with one attached hydrogen (secondary N) is 1. The Hall–Kier alpha value is -2.00. The lowest BCUT2D eigenvalue weighted by Crippen LogP contribution is -2.14. The van der Waals surface area contributed by atoms with Gasteiger partial charge in [0.05, 0.1) is 11.3 Å². The topological polar surface area (TPSA) is 66.4 Å². The van der Waals surface area contributed by atoms with E-state index in [-0.39, 0.29) is 33.5 Å². The predicted octanol–water partition coefficient (Wildman–Crippen LogP) is 5.01. The molecule has 0 aliphatic rings. The first-order valence-electron chi connectivity index (χ1n) is 6.36. The standard InChI is InChI=1S/C15H9BrF3NO3S/c16-9-3-6-12(11(7-9)14(22)23)20-13(21)8-1-4-10(5-2-8)24-15(17,18)19/h1-7H,(H,20,21)(H,22,23). The number of carboxylic acids is 1. The molecule has 0 saturated carbocycles. The largest absolute Gasteiger partial charge is 0.478 e. The van der Waals surface area contributed by atoms with Crippen LogP contribution in [-0.4, -0.2) is 22.5 Å². The molecule has 0 atom stereocenters. The number of rotatable bonds is 4. The first-order chi connectivity index (χ1) is 11.2. The Kier molecular flexibility index (Phi) is 5.55. The molecule has 0 unspecified atom stereocenters. The lowest BCUT2D eigenvalue weighted by molar-refractivity contribution is -0.0328. The summed E-state index contributed by atoms with van der Waals surface area (Å²) in [4.78, 5) is 23.3. The summed E-state index contributed by atoms with van der Waals surface area (Å²) in [5, 5.41) is 11.6. The van der Waals surface area contributed by atoms with Gasteiger partial charge in [0.15, 0.2) is 0 Å². The number of benzene rings is 2. The molecular formula is C15H9BrF3NO3S. The number of hydrogen-bond acceptors (Lipinski definition) is 3. The fourth-order valence-corrected chi connectivity index (χ4v) is 2.71. The molecule has 0 saturated heterocycles. The number of carbonyl (C=O) groups is 2. The molecule has 2 aromatic carbocycles. The second-order valence-electron chi connectivity index (χ2n) is 4.52. The van der Waals surface area contributed by atoms with E-state index in [2.05, 4.69) is 21.2 Å². The van der Waals surface area contributed by atoms with Crippen LogP contribution in [0.1, 0.15) is 20.7 Å². The highest BCUT2D eigenvalue weighted by Crippen LogP contribution is 2.36. The van der Waals surface area contributed by atoms with E-state index in [1.165, 1.54) is 36.4 Å². The van der Waals surface area contributed by atoms with Gasteiger partial charge in [0.1, 0.15) is 0 Å². The van der Waals surface area contributed by atoms with Crippen molar-refractivity contribution >= 4 is 45.3 Å². The molecule has 0 heterocycles. The number of carbonyl (C=O) groups excluding carboxylic acids is 1. The Morgan fingerprint density at radius 3 is 2.25 bits per heavy atom. The highest BCUT2D eigenvalue weighted by Gasteiger charge is 2.29. The second kappa shape index (κ2) is 7.27. The number of amides is 1. The van der Waals surface area contributed by atoms with Crippen LogP contribution in [-0.2, 0) is 0 Å². The third-order valence-corrected chi connectivity index (χ3v) is 4.04. The third kappa shape index (κ3) is 5.00. The van der Waals surface area contributed by atoms with E-state index in [1.54, 1.807) is 6.07 Å². The second-order valence-corrected chi connectivity index (χ2v) is 6.58. The van der Waals surface area contributed by atoms with Gasteiger partial charge in [-0.25, -0.2) is 4.79 Å². The van der Waals surface area contributed by atoms with Crippen molar-refractivity contribution in [3.63, 3.8) is 0 Å². The Balaban J connectivity index is 2.17. The zero-order chi connectivity index (χ0) is 17.9. The molecule has 2 aromatic rings. The van der Waals surface area contributed by atoms with Crippen LogP contribution in [0, 0.1) is 0 Å². The van der Waals surface area contributed by atoms with Crippen molar-refractivity contribution in [1.29, 1.82) is 0 Å². The van der Waals surface area contributed by atoms with Crippen LogP contribution in [0.2, 0.25) is 0 Å². The predicted molar refractivity (Wildman–Crippen MR) is 87.4 cm³/mol. The van der Waals surface area contributed by atoms with Crippen molar-refractivity contribution in [3.05, 3.63) is 58.1 Å². The molecule has 24 heavy (non-hydrogen) atoms. The Bertz CT molecular complexity index is 779. The van der Waals surface area contributed by atoms with Gasteiger partial charge >= 0.3 is 11.5 Å². The van der Waals surface area contributed by atoms with Gasteiger partial charge in [0.2, 0.25) is 0 Å². The minimum absolute atomic E-state index is 0.0473. The average molecular weight is 420 g/mol. The van der Waals surface area contributed by atoms with Gasteiger partial charge in [-0.2, -0.15) is 13.2 Å². The van der Waals surface area contributed by atoms with Crippen LogP contribution in [0.5, 0.6) is 0 Å². The van der Waals surface area contributed by atoms with E-state index < -0.39 is 17.4 Å². The van der Waals surface area contributed by atoms with E-state index in [1.807, 2.05) is 0 Å². The summed E-state index contributed by atoms with van der Waals surface area (Å²) in [7, 11) is 0. The minimum atomic E-state index is -4.41.